The van der Waals surface area contributed by atoms with Gasteiger partial charge in [0, 0.05) is 41.9 Å². The Morgan fingerprint density at radius 3 is 2.55 bits per heavy atom. The highest BCUT2D eigenvalue weighted by molar-refractivity contribution is 9.10. The van der Waals surface area contributed by atoms with Gasteiger partial charge in [0.15, 0.2) is 4.60 Å². The maximum atomic E-state index is 12.7. The zero-order valence-corrected chi connectivity index (χ0v) is 24.1. The third-order valence-electron chi connectivity index (χ3n) is 7.32. The monoisotopic (exact) mass is 637 g/mol. The molecule has 0 saturated carbocycles. The number of hydrogen-bond donors (Lipinski definition) is 0. The Balaban J connectivity index is 1.71. The second kappa shape index (κ2) is 10.2. The molecule has 0 radical (unpaired) electrons. The number of pyridine rings is 1. The van der Waals surface area contributed by atoms with Gasteiger partial charge in [0.25, 0.3) is 0 Å². The van der Waals surface area contributed by atoms with Crippen LogP contribution in [0.1, 0.15) is 34.8 Å². The van der Waals surface area contributed by atoms with Gasteiger partial charge in [-0.2, -0.15) is 0 Å². The van der Waals surface area contributed by atoms with Gasteiger partial charge in [-0.3, -0.25) is 4.98 Å². The van der Waals surface area contributed by atoms with E-state index in [2.05, 4.69) is 77.1 Å². The average molecular weight is 639 g/mol. The normalized spacial score (nSPS) is 15.3. The van der Waals surface area contributed by atoms with E-state index in [4.69, 9.17) is 14.5 Å². The Labute approximate surface area is 236 Å². The lowest BCUT2D eigenvalue weighted by Gasteiger charge is -2.33. The molecule has 38 heavy (non-hydrogen) atoms. The van der Waals surface area contributed by atoms with Crippen LogP contribution in [0.4, 0.5) is 0 Å². The summed E-state index contributed by atoms with van der Waals surface area (Å²) in [4.78, 5) is 17.7. The largest absolute Gasteiger partial charge is 0.465 e. The number of rotatable bonds is 5. The second-order valence-corrected chi connectivity index (χ2v) is 11.1. The van der Waals surface area contributed by atoms with Gasteiger partial charge < -0.3 is 14.0 Å². The van der Waals surface area contributed by atoms with Gasteiger partial charge in [-0.15, -0.1) is 5.10 Å². The molecular formula is C28H25Br2N5O3. The van der Waals surface area contributed by atoms with Crippen molar-refractivity contribution in [3.63, 3.8) is 0 Å². The van der Waals surface area contributed by atoms with Crippen LogP contribution in [0.2, 0.25) is 0 Å². The Bertz CT molecular complexity index is 1640. The number of aryl methyl sites for hydroxylation is 1. The third kappa shape index (κ3) is 4.24. The number of hydrogen-bond acceptors (Lipinski definition) is 6. The van der Waals surface area contributed by atoms with Crippen LogP contribution in [0.5, 0.6) is 0 Å². The fourth-order valence-electron chi connectivity index (χ4n) is 5.57. The van der Waals surface area contributed by atoms with Crippen molar-refractivity contribution in [2.45, 2.75) is 18.9 Å². The highest BCUT2D eigenvalue weighted by atomic mass is 79.9. The predicted molar refractivity (Wildman–Crippen MR) is 152 cm³/mol. The Hall–Kier alpha value is -3.08. The molecule has 8 nitrogen and oxygen atoms in total. The predicted octanol–water partition coefficient (Wildman–Crippen LogP) is 6.31. The van der Waals surface area contributed by atoms with Gasteiger partial charge in [-0.25, -0.2) is 9.48 Å². The highest BCUT2D eigenvalue weighted by Gasteiger charge is 2.31. The Morgan fingerprint density at radius 1 is 1.11 bits per heavy atom. The highest BCUT2D eigenvalue weighted by Crippen LogP contribution is 2.42. The van der Waals surface area contributed by atoms with Crippen LogP contribution in [0.3, 0.4) is 0 Å². The molecule has 6 rings (SSSR count). The van der Waals surface area contributed by atoms with Crippen molar-refractivity contribution in [1.29, 1.82) is 0 Å². The lowest BCUT2D eigenvalue weighted by molar-refractivity contribution is 0.0553. The molecule has 194 valence electrons. The van der Waals surface area contributed by atoms with E-state index < -0.39 is 5.97 Å². The van der Waals surface area contributed by atoms with Crippen molar-refractivity contribution in [3.05, 3.63) is 74.9 Å². The maximum Gasteiger partial charge on any atom is 0.339 e. The van der Waals surface area contributed by atoms with Gasteiger partial charge in [0.2, 0.25) is 0 Å². The molecule has 2 aromatic carbocycles. The molecule has 4 heterocycles. The first-order valence-electron chi connectivity index (χ1n) is 12.4. The number of methoxy groups -OCH3 is 1. The van der Waals surface area contributed by atoms with Crippen LogP contribution >= 0.6 is 31.9 Å². The van der Waals surface area contributed by atoms with E-state index in [0.717, 1.165) is 59.2 Å². The molecule has 0 amide bonds. The summed E-state index contributed by atoms with van der Waals surface area (Å²) in [5, 5.41) is 9.29. The summed E-state index contributed by atoms with van der Waals surface area (Å²) < 4.78 is 16.3. The first-order chi connectivity index (χ1) is 18.5. The first kappa shape index (κ1) is 25.2. The number of nitrogens with zero attached hydrogens (tertiary/aromatic N) is 5. The average Bonchev–Trinajstić information content (AvgIpc) is 3.44. The molecule has 1 saturated heterocycles. The van der Waals surface area contributed by atoms with Crippen LogP contribution in [0.25, 0.3) is 33.2 Å². The summed E-state index contributed by atoms with van der Waals surface area (Å²) in [5.74, 6) is -0.0552. The minimum atomic E-state index is -0.392. The van der Waals surface area contributed by atoms with Crippen molar-refractivity contribution in [2.75, 3.05) is 20.3 Å². The molecule has 5 aromatic rings. The molecule has 3 aromatic heterocycles. The van der Waals surface area contributed by atoms with E-state index >= 15 is 0 Å². The summed E-state index contributed by atoms with van der Waals surface area (Å²) in [6.45, 7) is 1.45. The number of carbonyl (C=O) groups is 1. The Kier molecular flexibility index (Phi) is 6.79. The fraction of sp³-hybridized carbons (Fsp3) is 0.286. The van der Waals surface area contributed by atoms with Gasteiger partial charge in [-0.05, 0) is 74.4 Å². The number of fused-ring (bicyclic) bond motifs is 3. The molecule has 0 N–H and O–H groups in total. The summed E-state index contributed by atoms with van der Waals surface area (Å²) >= 11 is 7.14. The van der Waals surface area contributed by atoms with Crippen LogP contribution in [0, 0.1) is 5.92 Å². The van der Waals surface area contributed by atoms with Crippen molar-refractivity contribution >= 4 is 59.8 Å². The molecular weight excluding hydrogens is 614 g/mol. The van der Waals surface area contributed by atoms with Gasteiger partial charge >= 0.3 is 5.97 Å². The SMILES string of the molecule is COC(=O)c1cc2c(cc1Br)c1ncc(-c3c(Br)nnn3C)cc1n2C(c1ccccc1)C1CCOCC1. The standard InChI is InChI=1S/C28H25Br2N5O3/c1-34-26(27(30)32-33-34)18-12-23-24(31-15-18)20-13-21(29)19(28(36)37-2)14-22(20)35(23)25(16-6-4-3-5-7-16)17-8-10-38-11-9-17/h3-7,12-15,17,25H,8-11H2,1-2H3. The number of aromatic nitrogens is 5. The van der Waals surface area contributed by atoms with E-state index in [0.29, 0.717) is 20.6 Å². The van der Waals surface area contributed by atoms with Crippen molar-refractivity contribution in [3.8, 4) is 11.3 Å². The summed E-state index contributed by atoms with van der Waals surface area (Å²) in [6.07, 6.45) is 3.72. The number of carbonyl (C=O) groups excluding carboxylic acids is 1. The van der Waals surface area contributed by atoms with Gasteiger partial charge in [0.05, 0.1) is 35.3 Å². The van der Waals surface area contributed by atoms with Crippen LogP contribution in [0.15, 0.2) is 63.8 Å². The van der Waals surface area contributed by atoms with E-state index in [-0.39, 0.29) is 6.04 Å². The minimum absolute atomic E-state index is 0.0110. The zero-order chi connectivity index (χ0) is 26.4. The zero-order valence-electron chi connectivity index (χ0n) is 20.9. The summed E-state index contributed by atoms with van der Waals surface area (Å²) in [7, 11) is 3.26. The lowest BCUT2D eigenvalue weighted by Crippen LogP contribution is -2.27. The van der Waals surface area contributed by atoms with E-state index in [1.165, 1.54) is 12.7 Å². The quantitative estimate of drug-likeness (QED) is 0.210. The summed E-state index contributed by atoms with van der Waals surface area (Å²) in [5.41, 5.74) is 6.17. The molecule has 1 unspecified atom stereocenters. The van der Waals surface area contributed by atoms with Gasteiger partial charge in [0.1, 0.15) is 5.69 Å². The van der Waals surface area contributed by atoms with Crippen molar-refractivity contribution < 1.29 is 14.3 Å². The first-order valence-corrected chi connectivity index (χ1v) is 14.0. The molecule has 1 aliphatic rings. The van der Waals surface area contributed by atoms with E-state index in [1.54, 1.807) is 4.68 Å². The molecule has 1 fully saturated rings. The molecule has 1 atom stereocenters. The van der Waals surface area contributed by atoms with Gasteiger partial charge in [-0.1, -0.05) is 35.5 Å². The third-order valence-corrected chi connectivity index (χ3v) is 8.51. The van der Waals surface area contributed by atoms with E-state index in [9.17, 15) is 4.79 Å². The Morgan fingerprint density at radius 2 is 1.87 bits per heavy atom. The number of esters is 1. The number of benzene rings is 2. The molecule has 0 aliphatic carbocycles. The van der Waals surface area contributed by atoms with Crippen LogP contribution < -0.4 is 0 Å². The smallest absolute Gasteiger partial charge is 0.339 e. The number of halogens is 2. The van der Waals surface area contributed by atoms with Crippen LogP contribution in [-0.2, 0) is 16.5 Å². The molecule has 10 heteroatoms. The molecule has 0 bridgehead atoms. The molecule has 0 spiro atoms. The second-order valence-electron chi connectivity index (χ2n) is 9.46. The maximum absolute atomic E-state index is 12.7. The fourth-order valence-corrected chi connectivity index (χ4v) is 6.63. The minimum Gasteiger partial charge on any atom is -0.465 e. The van der Waals surface area contributed by atoms with Crippen LogP contribution in [-0.4, -0.2) is 50.8 Å². The summed E-state index contributed by atoms with van der Waals surface area (Å²) in [6, 6.07) is 16.6. The van der Waals surface area contributed by atoms with Crippen molar-refractivity contribution in [1.82, 2.24) is 24.5 Å². The molecule has 1 aliphatic heterocycles. The van der Waals surface area contributed by atoms with Crippen molar-refractivity contribution in [2.24, 2.45) is 13.0 Å². The van der Waals surface area contributed by atoms with E-state index in [1.807, 2.05) is 31.4 Å². The number of ether oxygens (including phenoxy) is 2. The topological polar surface area (TPSA) is 84.1 Å². The lowest BCUT2D eigenvalue weighted by atomic mass is 9.86.